The summed E-state index contributed by atoms with van der Waals surface area (Å²) in [7, 11) is 0. The van der Waals surface area contributed by atoms with E-state index in [4.69, 9.17) is 9.47 Å². The van der Waals surface area contributed by atoms with Crippen molar-refractivity contribution in [3.8, 4) is 0 Å². The number of unbranched alkanes of at least 4 members (excludes halogenated alkanes) is 26. The number of nitrogens with one attached hydrogen (secondary N) is 1. The minimum atomic E-state index is -1.57. The molecule has 7 atom stereocenters. The molecule has 55 heavy (non-hydrogen) atoms. The predicted molar refractivity (Wildman–Crippen MR) is 226 cm³/mol. The lowest BCUT2D eigenvalue weighted by Crippen LogP contribution is -2.60. The highest BCUT2D eigenvalue weighted by molar-refractivity contribution is 5.76. The average molecular weight is 782 g/mol. The Balaban J connectivity index is 2.38. The Morgan fingerprint density at radius 1 is 0.600 bits per heavy atom. The van der Waals surface area contributed by atoms with Gasteiger partial charge in [-0.1, -0.05) is 192 Å². The lowest BCUT2D eigenvalue weighted by atomic mass is 9.99. The monoisotopic (exact) mass is 782 g/mol. The van der Waals surface area contributed by atoms with Crippen molar-refractivity contribution in [2.45, 2.75) is 249 Å². The number of ether oxygens (including phenoxy) is 2. The summed E-state index contributed by atoms with van der Waals surface area (Å²) in [6.45, 7) is 3.76. The molecule has 1 saturated heterocycles. The van der Waals surface area contributed by atoms with Gasteiger partial charge in [0.2, 0.25) is 5.91 Å². The standard InChI is InChI=1S/C46H87NO8/c1-3-5-7-9-11-13-15-17-19-21-23-25-27-29-31-33-35-40(49)39(38-54-46-45(53)44(52)43(51)41(37-48)55-46)47-42(50)36-34-32-30-28-26-24-22-20-18-16-14-12-10-8-6-4-2/h25,27,33,35,39-41,43-46,48-49,51-53H,3-24,26,28-32,34,36-38H2,1-2H3,(H,47,50)/b27-25+,35-33+/t39-,40+,41-,43-,44?,45?,46-/m0/s1. The van der Waals surface area contributed by atoms with E-state index in [0.717, 1.165) is 38.5 Å². The van der Waals surface area contributed by atoms with E-state index >= 15 is 0 Å². The van der Waals surface area contributed by atoms with Crippen LogP contribution >= 0.6 is 0 Å². The maximum Gasteiger partial charge on any atom is 0.220 e. The molecule has 9 heteroatoms. The maximum absolute atomic E-state index is 12.9. The van der Waals surface area contributed by atoms with Crippen LogP contribution in [0.4, 0.5) is 0 Å². The van der Waals surface area contributed by atoms with E-state index in [9.17, 15) is 30.3 Å². The number of carbonyl (C=O) groups excluding carboxylic acids is 1. The van der Waals surface area contributed by atoms with Crippen molar-refractivity contribution in [3.63, 3.8) is 0 Å². The fourth-order valence-corrected chi connectivity index (χ4v) is 7.29. The Morgan fingerprint density at radius 2 is 1.04 bits per heavy atom. The summed E-state index contributed by atoms with van der Waals surface area (Å²) >= 11 is 0. The summed E-state index contributed by atoms with van der Waals surface area (Å²) in [6, 6.07) is -0.816. The molecule has 0 aliphatic carbocycles. The molecule has 1 heterocycles. The Bertz CT molecular complexity index is 914. The number of carbonyl (C=O) groups is 1. The SMILES string of the molecule is CCCCCCCCCCCC/C=C/CC/C=C/[C@@H](O)[C@H](CO[C@H]1O[C@@H](CO)[C@H](O)C(O)C1O)NC(=O)CCCCCCCCCCCCCCCCCC. The van der Waals surface area contributed by atoms with Crippen LogP contribution < -0.4 is 5.32 Å². The highest BCUT2D eigenvalue weighted by atomic mass is 16.7. The number of amides is 1. The summed E-state index contributed by atoms with van der Waals surface area (Å²) in [5, 5.41) is 54.1. The third kappa shape index (κ3) is 27.9. The van der Waals surface area contributed by atoms with Crippen molar-refractivity contribution < 1.29 is 39.8 Å². The fourth-order valence-electron chi connectivity index (χ4n) is 7.29. The number of rotatable bonds is 38. The van der Waals surface area contributed by atoms with Gasteiger partial charge in [-0.2, -0.15) is 0 Å². The molecule has 6 N–H and O–H groups in total. The van der Waals surface area contributed by atoms with Crippen LogP contribution in [0.2, 0.25) is 0 Å². The van der Waals surface area contributed by atoms with E-state index in [0.29, 0.717) is 6.42 Å². The molecule has 0 aromatic carbocycles. The molecule has 1 fully saturated rings. The molecule has 324 valence electrons. The highest BCUT2D eigenvalue weighted by Crippen LogP contribution is 2.22. The second-order valence-electron chi connectivity index (χ2n) is 16.2. The zero-order chi connectivity index (χ0) is 40.2. The van der Waals surface area contributed by atoms with E-state index in [2.05, 4.69) is 31.3 Å². The van der Waals surface area contributed by atoms with Crippen LogP contribution in [0, 0.1) is 0 Å². The third-order valence-corrected chi connectivity index (χ3v) is 11.0. The first kappa shape index (κ1) is 51.7. The van der Waals surface area contributed by atoms with Crippen molar-refractivity contribution >= 4 is 5.91 Å². The van der Waals surface area contributed by atoms with Gasteiger partial charge in [-0.05, 0) is 32.1 Å². The third-order valence-electron chi connectivity index (χ3n) is 11.0. The van der Waals surface area contributed by atoms with Crippen LogP contribution in [0.1, 0.15) is 206 Å². The smallest absolute Gasteiger partial charge is 0.220 e. The van der Waals surface area contributed by atoms with Crippen LogP contribution in [0.3, 0.4) is 0 Å². The molecule has 1 rings (SSSR count). The van der Waals surface area contributed by atoms with Crippen molar-refractivity contribution in [1.82, 2.24) is 5.32 Å². The summed E-state index contributed by atoms with van der Waals surface area (Å²) in [5.41, 5.74) is 0. The van der Waals surface area contributed by atoms with Gasteiger partial charge in [-0.15, -0.1) is 0 Å². The van der Waals surface area contributed by atoms with Crippen molar-refractivity contribution in [3.05, 3.63) is 24.3 Å². The van der Waals surface area contributed by atoms with E-state index in [1.165, 1.54) is 148 Å². The van der Waals surface area contributed by atoms with Gasteiger partial charge in [0.15, 0.2) is 6.29 Å². The number of aliphatic hydroxyl groups is 5. The molecule has 0 bridgehead atoms. The molecule has 0 spiro atoms. The first-order chi connectivity index (χ1) is 26.8. The normalized spacial score (nSPS) is 21.5. The molecule has 0 aromatic rings. The first-order valence-corrected chi connectivity index (χ1v) is 23.1. The molecule has 0 aromatic heterocycles. The van der Waals surface area contributed by atoms with E-state index in [1.54, 1.807) is 6.08 Å². The van der Waals surface area contributed by atoms with E-state index in [1.807, 2.05) is 6.08 Å². The fraction of sp³-hybridized carbons (Fsp3) is 0.891. The van der Waals surface area contributed by atoms with E-state index in [-0.39, 0.29) is 12.5 Å². The van der Waals surface area contributed by atoms with Gasteiger partial charge in [0, 0.05) is 6.42 Å². The quantitative estimate of drug-likeness (QED) is 0.0268. The minimum Gasteiger partial charge on any atom is -0.394 e. The molecule has 1 aliphatic heterocycles. The lowest BCUT2D eigenvalue weighted by Gasteiger charge is -2.40. The molecule has 2 unspecified atom stereocenters. The highest BCUT2D eigenvalue weighted by Gasteiger charge is 2.44. The predicted octanol–water partition coefficient (Wildman–Crippen LogP) is 9.50. The van der Waals surface area contributed by atoms with Crippen LogP contribution in [0.25, 0.3) is 0 Å². The van der Waals surface area contributed by atoms with Crippen molar-refractivity contribution in [2.75, 3.05) is 13.2 Å². The van der Waals surface area contributed by atoms with Crippen molar-refractivity contribution in [1.29, 1.82) is 0 Å². The molecule has 0 saturated carbocycles. The van der Waals surface area contributed by atoms with Gasteiger partial charge in [0.05, 0.1) is 25.4 Å². The second-order valence-corrected chi connectivity index (χ2v) is 16.2. The maximum atomic E-state index is 12.9. The Labute approximate surface area is 337 Å². The van der Waals surface area contributed by atoms with Crippen LogP contribution in [0.15, 0.2) is 24.3 Å². The van der Waals surface area contributed by atoms with Gasteiger partial charge >= 0.3 is 0 Å². The molecule has 9 nitrogen and oxygen atoms in total. The second kappa shape index (κ2) is 37.0. The molecular weight excluding hydrogens is 695 g/mol. The van der Waals surface area contributed by atoms with Crippen molar-refractivity contribution in [2.24, 2.45) is 0 Å². The van der Waals surface area contributed by atoms with E-state index < -0.39 is 49.5 Å². The molecular formula is C46H87NO8. The van der Waals surface area contributed by atoms with Crippen LogP contribution in [-0.4, -0.2) is 87.5 Å². The number of hydrogen-bond donors (Lipinski definition) is 6. The summed E-state index contributed by atoms with van der Waals surface area (Å²) in [6.07, 6.45) is 36.5. The largest absolute Gasteiger partial charge is 0.394 e. The zero-order valence-electron chi connectivity index (χ0n) is 35.4. The van der Waals surface area contributed by atoms with Gasteiger partial charge in [-0.25, -0.2) is 0 Å². The minimum absolute atomic E-state index is 0.185. The number of aliphatic hydroxyl groups excluding tert-OH is 5. The summed E-state index contributed by atoms with van der Waals surface area (Å²) < 4.78 is 11.2. The average Bonchev–Trinajstić information content (AvgIpc) is 3.18. The lowest BCUT2D eigenvalue weighted by molar-refractivity contribution is -0.302. The Morgan fingerprint density at radius 3 is 1.53 bits per heavy atom. The first-order valence-electron chi connectivity index (χ1n) is 23.1. The van der Waals surface area contributed by atoms with Crippen LogP contribution in [0.5, 0.6) is 0 Å². The van der Waals surface area contributed by atoms with Gasteiger partial charge < -0.3 is 40.3 Å². The summed E-state index contributed by atoms with van der Waals surface area (Å²) in [4.78, 5) is 12.9. The molecule has 1 aliphatic rings. The Hall–Kier alpha value is -1.33. The van der Waals surface area contributed by atoms with Crippen LogP contribution in [-0.2, 0) is 14.3 Å². The Kier molecular flexibility index (Phi) is 34.7. The topological polar surface area (TPSA) is 149 Å². The number of allylic oxidation sites excluding steroid dienone is 3. The van der Waals surface area contributed by atoms with Gasteiger partial charge in [0.1, 0.15) is 24.4 Å². The van der Waals surface area contributed by atoms with Gasteiger partial charge in [-0.3, -0.25) is 4.79 Å². The summed E-state index contributed by atoms with van der Waals surface area (Å²) in [5.74, 6) is -0.185. The molecule has 1 amide bonds. The van der Waals surface area contributed by atoms with Gasteiger partial charge in [0.25, 0.3) is 0 Å². The molecule has 0 radical (unpaired) electrons. The zero-order valence-corrected chi connectivity index (χ0v) is 35.4. The number of hydrogen-bond acceptors (Lipinski definition) is 8.